The summed E-state index contributed by atoms with van der Waals surface area (Å²) in [6.07, 6.45) is 1.10. The highest BCUT2D eigenvalue weighted by Crippen LogP contribution is 2.36. The third-order valence-corrected chi connectivity index (χ3v) is 3.52. The summed E-state index contributed by atoms with van der Waals surface area (Å²) in [5, 5.41) is 0.664. The smallest absolute Gasteiger partial charge is 0.159 e. The van der Waals surface area contributed by atoms with E-state index in [2.05, 4.69) is 13.0 Å². The molecule has 1 heterocycles. The Balaban J connectivity index is 2.40. The SMILES string of the molecule is CC(=O)c1ccc2c(c1)CC(C)S2. The molecule has 2 rings (SSSR count). The van der Waals surface area contributed by atoms with Gasteiger partial charge in [0.2, 0.25) is 0 Å². The molecule has 1 nitrogen and oxygen atoms in total. The molecule has 1 aliphatic heterocycles. The minimum absolute atomic E-state index is 0.160. The number of ketones is 1. The van der Waals surface area contributed by atoms with Gasteiger partial charge in [-0.1, -0.05) is 13.0 Å². The zero-order valence-electron chi connectivity index (χ0n) is 7.83. The average Bonchev–Trinajstić information content (AvgIpc) is 2.42. The molecule has 0 spiro atoms. The fraction of sp³-hybridized carbons (Fsp3) is 0.364. The van der Waals surface area contributed by atoms with Crippen LogP contribution in [0, 0.1) is 0 Å². The molecule has 0 amide bonds. The molecule has 0 saturated carbocycles. The Morgan fingerprint density at radius 3 is 3.00 bits per heavy atom. The summed E-state index contributed by atoms with van der Waals surface area (Å²) in [6, 6.07) is 6.03. The van der Waals surface area contributed by atoms with Gasteiger partial charge < -0.3 is 0 Å². The van der Waals surface area contributed by atoms with E-state index in [1.807, 2.05) is 23.9 Å². The number of hydrogen-bond donors (Lipinski definition) is 0. The van der Waals surface area contributed by atoms with Crippen molar-refractivity contribution in [1.82, 2.24) is 0 Å². The predicted octanol–water partition coefficient (Wildman–Crippen LogP) is 2.93. The van der Waals surface area contributed by atoms with Gasteiger partial charge in [-0.15, -0.1) is 11.8 Å². The van der Waals surface area contributed by atoms with Crippen LogP contribution in [0.15, 0.2) is 23.1 Å². The zero-order valence-corrected chi connectivity index (χ0v) is 8.65. The fourth-order valence-electron chi connectivity index (χ4n) is 1.64. The Morgan fingerprint density at radius 1 is 1.54 bits per heavy atom. The first-order valence-corrected chi connectivity index (χ1v) is 5.35. The molecule has 2 heteroatoms. The van der Waals surface area contributed by atoms with E-state index in [1.165, 1.54) is 10.5 Å². The van der Waals surface area contributed by atoms with Crippen molar-refractivity contribution in [2.75, 3.05) is 0 Å². The number of fused-ring (bicyclic) bond motifs is 1. The largest absolute Gasteiger partial charge is 0.295 e. The molecule has 0 N–H and O–H groups in total. The molecule has 13 heavy (non-hydrogen) atoms. The number of hydrogen-bond acceptors (Lipinski definition) is 2. The van der Waals surface area contributed by atoms with E-state index in [0.717, 1.165) is 12.0 Å². The van der Waals surface area contributed by atoms with Gasteiger partial charge in [-0.05, 0) is 31.0 Å². The van der Waals surface area contributed by atoms with Gasteiger partial charge >= 0.3 is 0 Å². The molecule has 68 valence electrons. The van der Waals surface area contributed by atoms with E-state index < -0.39 is 0 Å². The molecule has 1 aromatic carbocycles. The van der Waals surface area contributed by atoms with Crippen molar-refractivity contribution in [3.63, 3.8) is 0 Å². The maximum atomic E-state index is 11.1. The summed E-state index contributed by atoms with van der Waals surface area (Å²) in [7, 11) is 0. The molecule has 0 aliphatic carbocycles. The maximum absolute atomic E-state index is 11.1. The highest BCUT2D eigenvalue weighted by atomic mass is 32.2. The van der Waals surface area contributed by atoms with E-state index >= 15 is 0 Å². The van der Waals surface area contributed by atoms with Gasteiger partial charge in [0.15, 0.2) is 5.78 Å². The number of benzene rings is 1. The van der Waals surface area contributed by atoms with Crippen LogP contribution in [0.2, 0.25) is 0 Å². The van der Waals surface area contributed by atoms with Crippen LogP contribution in [0.5, 0.6) is 0 Å². The second-order valence-corrected chi connectivity index (χ2v) is 4.99. The Labute approximate surface area is 82.5 Å². The molecule has 0 fully saturated rings. The highest BCUT2D eigenvalue weighted by Gasteiger charge is 2.18. The minimum atomic E-state index is 0.160. The van der Waals surface area contributed by atoms with Crippen LogP contribution in [-0.4, -0.2) is 11.0 Å². The summed E-state index contributed by atoms with van der Waals surface area (Å²) >= 11 is 1.90. The van der Waals surface area contributed by atoms with Crippen LogP contribution in [0.3, 0.4) is 0 Å². The van der Waals surface area contributed by atoms with Gasteiger partial charge in [-0.2, -0.15) is 0 Å². The minimum Gasteiger partial charge on any atom is -0.295 e. The van der Waals surface area contributed by atoms with Crippen molar-refractivity contribution in [1.29, 1.82) is 0 Å². The van der Waals surface area contributed by atoms with Crippen LogP contribution < -0.4 is 0 Å². The molecule has 1 aliphatic rings. The first kappa shape index (κ1) is 8.82. The van der Waals surface area contributed by atoms with E-state index in [0.29, 0.717) is 5.25 Å². The Hall–Kier alpha value is -0.760. The number of carbonyl (C=O) groups excluding carboxylic acids is 1. The summed E-state index contributed by atoms with van der Waals surface area (Å²) in [5.41, 5.74) is 2.18. The summed E-state index contributed by atoms with van der Waals surface area (Å²) in [5.74, 6) is 0.160. The molecule has 1 atom stereocenters. The first-order valence-electron chi connectivity index (χ1n) is 4.47. The third-order valence-electron chi connectivity index (χ3n) is 2.30. The highest BCUT2D eigenvalue weighted by molar-refractivity contribution is 8.00. The maximum Gasteiger partial charge on any atom is 0.159 e. The first-order chi connectivity index (χ1) is 6.16. The van der Waals surface area contributed by atoms with Crippen molar-refractivity contribution >= 4 is 17.5 Å². The van der Waals surface area contributed by atoms with Gasteiger partial charge in [-0.25, -0.2) is 0 Å². The van der Waals surface area contributed by atoms with Crippen LogP contribution in [0.25, 0.3) is 0 Å². The summed E-state index contributed by atoms with van der Waals surface area (Å²) in [6.45, 7) is 3.84. The van der Waals surface area contributed by atoms with Crippen LogP contribution in [0.1, 0.15) is 29.8 Å². The molecule has 0 radical (unpaired) electrons. The Kier molecular flexibility index (Phi) is 2.16. The van der Waals surface area contributed by atoms with Gasteiger partial charge in [0.25, 0.3) is 0 Å². The van der Waals surface area contributed by atoms with E-state index in [9.17, 15) is 4.79 Å². The molecular formula is C11H12OS. The number of carbonyl (C=O) groups is 1. The van der Waals surface area contributed by atoms with Crippen molar-refractivity contribution in [3.05, 3.63) is 29.3 Å². The molecule has 1 unspecified atom stereocenters. The quantitative estimate of drug-likeness (QED) is 0.636. The van der Waals surface area contributed by atoms with Crippen molar-refractivity contribution in [2.24, 2.45) is 0 Å². The Morgan fingerprint density at radius 2 is 2.31 bits per heavy atom. The van der Waals surface area contributed by atoms with Gasteiger partial charge in [0, 0.05) is 15.7 Å². The fourth-order valence-corrected chi connectivity index (χ4v) is 2.78. The lowest BCUT2D eigenvalue weighted by Crippen LogP contribution is -1.95. The van der Waals surface area contributed by atoms with E-state index in [-0.39, 0.29) is 5.78 Å². The number of Topliss-reactive ketones (excluding diaryl/α,β-unsaturated/α-hetero) is 1. The Bertz CT molecular complexity index is 357. The van der Waals surface area contributed by atoms with Crippen molar-refractivity contribution in [2.45, 2.75) is 30.4 Å². The lowest BCUT2D eigenvalue weighted by atomic mass is 10.1. The van der Waals surface area contributed by atoms with Gasteiger partial charge in [0.1, 0.15) is 0 Å². The molecule has 0 bridgehead atoms. The van der Waals surface area contributed by atoms with Crippen LogP contribution in [-0.2, 0) is 6.42 Å². The summed E-state index contributed by atoms with van der Waals surface area (Å²) < 4.78 is 0. The summed E-state index contributed by atoms with van der Waals surface area (Å²) in [4.78, 5) is 12.5. The lowest BCUT2D eigenvalue weighted by Gasteiger charge is -1.99. The predicted molar refractivity (Wildman–Crippen MR) is 55.5 cm³/mol. The molecule has 0 saturated heterocycles. The third kappa shape index (κ3) is 1.63. The van der Waals surface area contributed by atoms with E-state index in [4.69, 9.17) is 0 Å². The zero-order chi connectivity index (χ0) is 9.42. The number of rotatable bonds is 1. The van der Waals surface area contributed by atoms with Gasteiger partial charge in [-0.3, -0.25) is 4.79 Å². The standard InChI is InChI=1S/C11H12OS/c1-7-5-10-6-9(8(2)12)3-4-11(10)13-7/h3-4,6-7H,5H2,1-2H3. The lowest BCUT2D eigenvalue weighted by molar-refractivity contribution is 0.101. The molecule has 1 aromatic rings. The topological polar surface area (TPSA) is 17.1 Å². The van der Waals surface area contributed by atoms with Crippen LogP contribution in [0.4, 0.5) is 0 Å². The van der Waals surface area contributed by atoms with Crippen molar-refractivity contribution in [3.8, 4) is 0 Å². The second kappa shape index (κ2) is 3.18. The van der Waals surface area contributed by atoms with Crippen LogP contribution >= 0.6 is 11.8 Å². The van der Waals surface area contributed by atoms with Crippen molar-refractivity contribution < 1.29 is 4.79 Å². The second-order valence-electron chi connectivity index (χ2n) is 3.51. The monoisotopic (exact) mass is 192 g/mol. The molecule has 0 aromatic heterocycles. The van der Waals surface area contributed by atoms with E-state index in [1.54, 1.807) is 6.92 Å². The number of thioether (sulfide) groups is 1. The average molecular weight is 192 g/mol. The normalized spacial score (nSPS) is 20.0. The molecular weight excluding hydrogens is 180 g/mol. The van der Waals surface area contributed by atoms with Gasteiger partial charge in [0.05, 0.1) is 0 Å².